The fourth-order valence-electron chi connectivity index (χ4n) is 3.39. The number of ether oxygens (including phenoxy) is 1. The molecule has 1 aliphatic rings. The van der Waals surface area contributed by atoms with Gasteiger partial charge in [0.1, 0.15) is 4.08 Å². The van der Waals surface area contributed by atoms with Gasteiger partial charge in [-0.25, -0.2) is 0 Å². The number of esters is 1. The van der Waals surface area contributed by atoms with E-state index in [4.69, 9.17) is 4.74 Å². The Morgan fingerprint density at radius 1 is 1.04 bits per heavy atom. The van der Waals surface area contributed by atoms with E-state index < -0.39 is 0 Å². The van der Waals surface area contributed by atoms with Crippen LogP contribution in [-0.2, 0) is 13.6 Å². The highest BCUT2D eigenvalue weighted by atomic mass is 32.2. The number of hydrogen-bond donors (Lipinski definition) is 0. The molecule has 2 aromatic rings. The van der Waals surface area contributed by atoms with Gasteiger partial charge in [0.05, 0.1) is 7.11 Å². The van der Waals surface area contributed by atoms with Gasteiger partial charge in [0, 0.05) is 11.7 Å². The summed E-state index contributed by atoms with van der Waals surface area (Å²) in [5.74, 6) is 1.07. The van der Waals surface area contributed by atoms with Crippen molar-refractivity contribution < 1.29 is 9.53 Å². The highest BCUT2D eigenvalue weighted by molar-refractivity contribution is 8.18. The smallest absolute Gasteiger partial charge is 0.305 e. The summed E-state index contributed by atoms with van der Waals surface area (Å²) in [6, 6.07) is 21.8. The van der Waals surface area contributed by atoms with Crippen molar-refractivity contribution in [1.29, 1.82) is 0 Å². The molecule has 0 bridgehead atoms. The zero-order valence-corrected chi connectivity index (χ0v) is 16.9. The first-order valence-electron chi connectivity index (χ1n) is 9.24. The third-order valence-electron chi connectivity index (χ3n) is 4.77. The summed E-state index contributed by atoms with van der Waals surface area (Å²) in [5, 5.41) is 0.620. The van der Waals surface area contributed by atoms with Crippen LogP contribution in [0, 0.1) is 0 Å². The standard InChI is InChI=1S/C22H26O2S2/c1-24-21(23)15-9-8-14-20-16-17-25-22(26-20,18-10-4-2-5-11-18)19-12-6-3-7-13-19/h2-7,10-13,20H,8-9,14-17H2,1H3/t20-/m1/s1. The van der Waals surface area contributed by atoms with Gasteiger partial charge in [-0.2, -0.15) is 0 Å². The molecule has 1 heterocycles. The lowest BCUT2D eigenvalue weighted by molar-refractivity contribution is -0.140. The molecule has 4 heteroatoms. The first-order valence-corrected chi connectivity index (χ1v) is 11.1. The van der Waals surface area contributed by atoms with Crippen molar-refractivity contribution in [3.8, 4) is 0 Å². The van der Waals surface area contributed by atoms with Crippen LogP contribution < -0.4 is 0 Å². The van der Waals surface area contributed by atoms with Gasteiger partial charge in [0.15, 0.2) is 0 Å². The van der Waals surface area contributed by atoms with E-state index in [9.17, 15) is 4.79 Å². The monoisotopic (exact) mass is 386 g/mol. The van der Waals surface area contributed by atoms with Gasteiger partial charge in [-0.3, -0.25) is 4.79 Å². The lowest BCUT2D eigenvalue weighted by Crippen LogP contribution is -2.28. The molecule has 1 saturated heterocycles. The van der Waals surface area contributed by atoms with E-state index in [1.807, 2.05) is 0 Å². The number of rotatable bonds is 7. The first-order chi connectivity index (χ1) is 12.7. The highest BCUT2D eigenvalue weighted by Gasteiger charge is 2.40. The maximum Gasteiger partial charge on any atom is 0.305 e. The summed E-state index contributed by atoms with van der Waals surface area (Å²) in [6.07, 6.45) is 4.92. The topological polar surface area (TPSA) is 26.3 Å². The summed E-state index contributed by atoms with van der Waals surface area (Å²) in [7, 11) is 1.46. The number of carbonyl (C=O) groups is 1. The molecule has 0 saturated carbocycles. The second kappa shape index (κ2) is 9.52. The number of unbranched alkanes of at least 4 members (excludes halogenated alkanes) is 1. The fourth-order valence-corrected chi connectivity index (χ4v) is 7.30. The summed E-state index contributed by atoms with van der Waals surface area (Å²) < 4.78 is 4.71. The van der Waals surface area contributed by atoms with E-state index in [2.05, 4.69) is 84.2 Å². The third-order valence-corrected chi connectivity index (χ3v) is 8.34. The molecule has 0 radical (unpaired) electrons. The molecule has 1 aliphatic heterocycles. The maximum absolute atomic E-state index is 11.3. The van der Waals surface area contributed by atoms with Crippen molar-refractivity contribution in [3.05, 3.63) is 71.8 Å². The van der Waals surface area contributed by atoms with Crippen molar-refractivity contribution in [3.63, 3.8) is 0 Å². The van der Waals surface area contributed by atoms with E-state index >= 15 is 0 Å². The van der Waals surface area contributed by atoms with Crippen LogP contribution in [0.3, 0.4) is 0 Å². The highest BCUT2D eigenvalue weighted by Crippen LogP contribution is 2.57. The number of carbonyl (C=O) groups excluding carboxylic acids is 1. The Morgan fingerprint density at radius 2 is 1.65 bits per heavy atom. The molecule has 0 aliphatic carbocycles. The van der Waals surface area contributed by atoms with Gasteiger partial charge < -0.3 is 4.74 Å². The fraction of sp³-hybridized carbons (Fsp3) is 0.409. The van der Waals surface area contributed by atoms with E-state index in [-0.39, 0.29) is 10.0 Å². The van der Waals surface area contributed by atoms with E-state index in [0.29, 0.717) is 11.7 Å². The number of thioether (sulfide) groups is 2. The van der Waals surface area contributed by atoms with Gasteiger partial charge in [-0.1, -0.05) is 67.1 Å². The number of methoxy groups -OCH3 is 1. The molecule has 2 nitrogen and oxygen atoms in total. The van der Waals surface area contributed by atoms with Crippen LogP contribution >= 0.6 is 23.5 Å². The average molecular weight is 387 g/mol. The Kier molecular flexibility index (Phi) is 7.09. The summed E-state index contributed by atoms with van der Waals surface area (Å²) in [6.45, 7) is 0. The molecule has 0 aromatic heterocycles. The summed E-state index contributed by atoms with van der Waals surface area (Å²) in [5.41, 5.74) is 2.75. The Balaban J connectivity index is 1.74. The molecule has 0 N–H and O–H groups in total. The van der Waals surface area contributed by atoms with Gasteiger partial charge >= 0.3 is 5.97 Å². The van der Waals surface area contributed by atoms with Gasteiger partial charge in [0.25, 0.3) is 0 Å². The molecule has 138 valence electrons. The van der Waals surface area contributed by atoms with Gasteiger partial charge in [0.2, 0.25) is 0 Å². The van der Waals surface area contributed by atoms with Gasteiger partial charge in [-0.05, 0) is 36.1 Å². The predicted octanol–water partition coefficient (Wildman–Crippen LogP) is 5.86. The molecule has 0 amide bonds. The minimum atomic E-state index is -0.0974. The maximum atomic E-state index is 11.3. The van der Waals surface area contributed by atoms with Crippen LogP contribution in [-0.4, -0.2) is 24.1 Å². The number of benzene rings is 2. The lowest BCUT2D eigenvalue weighted by atomic mass is 10.0. The zero-order valence-electron chi connectivity index (χ0n) is 15.2. The van der Waals surface area contributed by atoms with E-state index in [1.165, 1.54) is 30.4 Å². The van der Waals surface area contributed by atoms with E-state index in [1.54, 1.807) is 0 Å². The Morgan fingerprint density at radius 3 is 2.23 bits per heavy atom. The Labute approximate surface area is 165 Å². The molecule has 0 unspecified atom stereocenters. The first kappa shape index (κ1) is 19.4. The third kappa shape index (κ3) is 4.66. The molecule has 0 spiro atoms. The molecule has 1 atom stereocenters. The molecule has 1 fully saturated rings. The zero-order chi connectivity index (χ0) is 18.2. The van der Waals surface area contributed by atoms with Crippen LogP contribution in [0.1, 0.15) is 43.2 Å². The van der Waals surface area contributed by atoms with Crippen molar-refractivity contribution >= 4 is 29.5 Å². The normalized spacial score (nSPS) is 19.0. The lowest BCUT2D eigenvalue weighted by Gasteiger charge is -2.41. The SMILES string of the molecule is COC(=O)CCCC[C@@H]1CCSC(c2ccccc2)(c2ccccc2)S1. The number of hydrogen-bond acceptors (Lipinski definition) is 4. The summed E-state index contributed by atoms with van der Waals surface area (Å²) >= 11 is 4.15. The van der Waals surface area contributed by atoms with Crippen molar-refractivity contribution in [1.82, 2.24) is 0 Å². The molecule has 3 rings (SSSR count). The van der Waals surface area contributed by atoms with E-state index in [0.717, 1.165) is 19.3 Å². The quantitative estimate of drug-likeness (QED) is 0.440. The average Bonchev–Trinajstić information content (AvgIpc) is 2.72. The predicted molar refractivity (Wildman–Crippen MR) is 113 cm³/mol. The molecular weight excluding hydrogens is 360 g/mol. The van der Waals surface area contributed by atoms with Crippen LogP contribution in [0.5, 0.6) is 0 Å². The minimum Gasteiger partial charge on any atom is -0.469 e. The van der Waals surface area contributed by atoms with Crippen LogP contribution in [0.4, 0.5) is 0 Å². The van der Waals surface area contributed by atoms with Crippen molar-refractivity contribution in [2.75, 3.05) is 12.9 Å². The minimum absolute atomic E-state index is 0.0339. The summed E-state index contributed by atoms with van der Waals surface area (Å²) in [4.78, 5) is 11.3. The van der Waals surface area contributed by atoms with Gasteiger partial charge in [-0.15, -0.1) is 23.5 Å². The molecule has 26 heavy (non-hydrogen) atoms. The molecule has 2 aromatic carbocycles. The molecular formula is C22H26O2S2. The Bertz CT molecular complexity index is 648. The van der Waals surface area contributed by atoms with Crippen LogP contribution in [0.25, 0.3) is 0 Å². The Hall–Kier alpha value is -1.39. The van der Waals surface area contributed by atoms with Crippen LogP contribution in [0.2, 0.25) is 0 Å². The van der Waals surface area contributed by atoms with Crippen molar-refractivity contribution in [2.45, 2.75) is 41.4 Å². The second-order valence-electron chi connectivity index (χ2n) is 6.55. The second-order valence-corrected chi connectivity index (χ2v) is 9.63. The van der Waals surface area contributed by atoms with Crippen molar-refractivity contribution in [2.24, 2.45) is 0 Å². The largest absolute Gasteiger partial charge is 0.469 e. The van der Waals surface area contributed by atoms with Crippen LogP contribution in [0.15, 0.2) is 60.7 Å².